The molecule has 2 aromatic carbocycles. The lowest BCUT2D eigenvalue weighted by Crippen LogP contribution is -1.94. The van der Waals surface area contributed by atoms with Crippen LogP contribution in [0.2, 0.25) is 0 Å². The lowest BCUT2D eigenvalue weighted by atomic mass is 10.1. The summed E-state index contributed by atoms with van der Waals surface area (Å²) in [5.74, 6) is 0.729. The summed E-state index contributed by atoms with van der Waals surface area (Å²) in [5.41, 5.74) is 4.38. The maximum atomic E-state index is 5.53. The van der Waals surface area contributed by atoms with Gasteiger partial charge in [-0.3, -0.25) is 0 Å². The highest BCUT2D eigenvalue weighted by molar-refractivity contribution is 5.84. The standard InChI is InChI=1S/C18H12N2O/c1-2-7-13(8-3-1)17-18(16-11-6-12-21-16)20-15-10-5-4-9-14(15)19-17/h1-12H. The van der Waals surface area contributed by atoms with Gasteiger partial charge >= 0.3 is 0 Å². The molecule has 0 aliphatic rings. The Kier molecular flexibility index (Phi) is 2.75. The SMILES string of the molecule is c1ccc(-c2nc3ccccc3nc2-c2ccco2)cc1. The van der Waals surface area contributed by atoms with Crippen LogP contribution in [0, 0.1) is 0 Å². The second kappa shape index (κ2) is 4.87. The highest BCUT2D eigenvalue weighted by Gasteiger charge is 2.14. The van der Waals surface area contributed by atoms with E-state index in [1.54, 1.807) is 6.26 Å². The molecular formula is C18H12N2O. The lowest BCUT2D eigenvalue weighted by molar-refractivity contribution is 0.580. The molecule has 4 aromatic rings. The first-order valence-corrected chi connectivity index (χ1v) is 6.78. The van der Waals surface area contributed by atoms with Crippen molar-refractivity contribution in [2.24, 2.45) is 0 Å². The van der Waals surface area contributed by atoms with Crippen LogP contribution in [-0.2, 0) is 0 Å². The summed E-state index contributed by atoms with van der Waals surface area (Å²) in [6.07, 6.45) is 1.65. The third-order valence-corrected chi connectivity index (χ3v) is 3.37. The molecule has 0 fully saturated rings. The van der Waals surface area contributed by atoms with E-state index in [-0.39, 0.29) is 0 Å². The fraction of sp³-hybridized carbons (Fsp3) is 0. The summed E-state index contributed by atoms with van der Waals surface area (Å²) in [7, 11) is 0. The van der Waals surface area contributed by atoms with E-state index in [0.29, 0.717) is 0 Å². The monoisotopic (exact) mass is 272 g/mol. The molecule has 0 spiro atoms. The van der Waals surface area contributed by atoms with Gasteiger partial charge in [-0.25, -0.2) is 9.97 Å². The van der Waals surface area contributed by atoms with Crippen molar-refractivity contribution in [1.29, 1.82) is 0 Å². The Bertz CT molecular complexity index is 884. The smallest absolute Gasteiger partial charge is 0.154 e. The van der Waals surface area contributed by atoms with Gasteiger partial charge in [-0.1, -0.05) is 42.5 Å². The number of hydrogen-bond donors (Lipinski definition) is 0. The molecule has 0 atom stereocenters. The zero-order valence-corrected chi connectivity index (χ0v) is 11.2. The van der Waals surface area contributed by atoms with Gasteiger partial charge in [0.2, 0.25) is 0 Å². The van der Waals surface area contributed by atoms with Gasteiger partial charge in [0.05, 0.1) is 17.3 Å². The zero-order valence-electron chi connectivity index (χ0n) is 11.2. The number of rotatable bonds is 2. The molecule has 0 bridgehead atoms. The van der Waals surface area contributed by atoms with E-state index in [2.05, 4.69) is 0 Å². The topological polar surface area (TPSA) is 38.9 Å². The van der Waals surface area contributed by atoms with Crippen molar-refractivity contribution >= 4 is 11.0 Å². The second-order valence-electron chi connectivity index (χ2n) is 4.75. The highest BCUT2D eigenvalue weighted by atomic mass is 16.3. The molecule has 0 aliphatic heterocycles. The van der Waals surface area contributed by atoms with Gasteiger partial charge in [0.15, 0.2) is 5.76 Å². The molecule has 2 heterocycles. The summed E-state index contributed by atoms with van der Waals surface area (Å²) in [4.78, 5) is 9.52. The number of fused-ring (bicyclic) bond motifs is 1. The molecule has 0 saturated heterocycles. The summed E-state index contributed by atoms with van der Waals surface area (Å²) in [6, 6.07) is 21.7. The first kappa shape index (κ1) is 11.9. The van der Waals surface area contributed by atoms with Gasteiger partial charge in [-0.2, -0.15) is 0 Å². The average molecular weight is 272 g/mol. The summed E-state index contributed by atoms with van der Waals surface area (Å²) in [6.45, 7) is 0. The van der Waals surface area contributed by atoms with Crippen LogP contribution in [0.1, 0.15) is 0 Å². The Balaban J connectivity index is 2.05. The molecule has 0 unspecified atom stereocenters. The van der Waals surface area contributed by atoms with E-state index in [9.17, 15) is 0 Å². The van der Waals surface area contributed by atoms with Crippen LogP contribution in [0.25, 0.3) is 33.7 Å². The molecule has 2 aromatic heterocycles. The van der Waals surface area contributed by atoms with E-state index in [4.69, 9.17) is 14.4 Å². The van der Waals surface area contributed by atoms with Crippen molar-refractivity contribution in [3.05, 3.63) is 73.0 Å². The third-order valence-electron chi connectivity index (χ3n) is 3.37. The summed E-state index contributed by atoms with van der Waals surface area (Å²) in [5, 5.41) is 0. The minimum Gasteiger partial charge on any atom is -0.463 e. The molecule has 0 amide bonds. The summed E-state index contributed by atoms with van der Waals surface area (Å²) >= 11 is 0. The molecule has 100 valence electrons. The first-order chi connectivity index (χ1) is 10.4. The Labute approximate surface area is 121 Å². The molecule has 21 heavy (non-hydrogen) atoms. The zero-order chi connectivity index (χ0) is 14.1. The second-order valence-corrected chi connectivity index (χ2v) is 4.75. The molecule has 0 N–H and O–H groups in total. The number of para-hydroxylation sites is 2. The quantitative estimate of drug-likeness (QED) is 0.537. The van der Waals surface area contributed by atoms with Crippen LogP contribution in [-0.4, -0.2) is 9.97 Å². The number of hydrogen-bond acceptors (Lipinski definition) is 3. The van der Waals surface area contributed by atoms with Crippen LogP contribution >= 0.6 is 0 Å². The maximum Gasteiger partial charge on any atom is 0.154 e. The van der Waals surface area contributed by atoms with E-state index >= 15 is 0 Å². The van der Waals surface area contributed by atoms with Crippen molar-refractivity contribution in [2.45, 2.75) is 0 Å². The fourth-order valence-corrected chi connectivity index (χ4v) is 2.38. The largest absolute Gasteiger partial charge is 0.463 e. The molecule has 0 saturated carbocycles. The Morgan fingerprint density at radius 1 is 0.619 bits per heavy atom. The van der Waals surface area contributed by atoms with E-state index in [0.717, 1.165) is 33.7 Å². The molecule has 3 nitrogen and oxygen atoms in total. The Hall–Kier alpha value is -2.94. The van der Waals surface area contributed by atoms with Crippen LogP contribution in [0.3, 0.4) is 0 Å². The summed E-state index contributed by atoms with van der Waals surface area (Å²) < 4.78 is 5.53. The highest BCUT2D eigenvalue weighted by Crippen LogP contribution is 2.30. The van der Waals surface area contributed by atoms with Crippen LogP contribution in [0.4, 0.5) is 0 Å². The van der Waals surface area contributed by atoms with E-state index in [1.807, 2.05) is 66.7 Å². The number of benzene rings is 2. The normalized spacial score (nSPS) is 10.9. The van der Waals surface area contributed by atoms with Crippen molar-refractivity contribution in [3.8, 4) is 22.7 Å². The minimum atomic E-state index is 0.729. The van der Waals surface area contributed by atoms with Crippen molar-refractivity contribution < 1.29 is 4.42 Å². The van der Waals surface area contributed by atoms with Gasteiger partial charge in [0.1, 0.15) is 11.4 Å². The van der Waals surface area contributed by atoms with Crippen LogP contribution < -0.4 is 0 Å². The van der Waals surface area contributed by atoms with E-state index < -0.39 is 0 Å². The maximum absolute atomic E-state index is 5.53. The molecule has 4 rings (SSSR count). The van der Waals surface area contributed by atoms with Crippen molar-refractivity contribution in [3.63, 3.8) is 0 Å². The fourth-order valence-electron chi connectivity index (χ4n) is 2.38. The molecule has 3 heteroatoms. The predicted octanol–water partition coefficient (Wildman–Crippen LogP) is 4.56. The van der Waals surface area contributed by atoms with Gasteiger partial charge in [0.25, 0.3) is 0 Å². The van der Waals surface area contributed by atoms with E-state index in [1.165, 1.54) is 0 Å². The van der Waals surface area contributed by atoms with Gasteiger partial charge in [-0.15, -0.1) is 0 Å². The van der Waals surface area contributed by atoms with Gasteiger partial charge in [0, 0.05) is 5.56 Å². The number of nitrogens with zero attached hydrogens (tertiary/aromatic N) is 2. The molecule has 0 aliphatic carbocycles. The Morgan fingerprint density at radius 2 is 1.29 bits per heavy atom. The predicted molar refractivity (Wildman–Crippen MR) is 82.7 cm³/mol. The molecule has 0 radical (unpaired) electrons. The van der Waals surface area contributed by atoms with Crippen LogP contribution in [0.5, 0.6) is 0 Å². The van der Waals surface area contributed by atoms with Crippen LogP contribution in [0.15, 0.2) is 77.4 Å². The Morgan fingerprint density at radius 3 is 1.95 bits per heavy atom. The minimum absolute atomic E-state index is 0.729. The molecular weight excluding hydrogens is 260 g/mol. The first-order valence-electron chi connectivity index (χ1n) is 6.78. The van der Waals surface area contributed by atoms with Gasteiger partial charge in [-0.05, 0) is 24.3 Å². The average Bonchev–Trinajstić information content (AvgIpc) is 3.09. The third kappa shape index (κ3) is 2.09. The number of furan rings is 1. The van der Waals surface area contributed by atoms with Crippen molar-refractivity contribution in [1.82, 2.24) is 9.97 Å². The lowest BCUT2D eigenvalue weighted by Gasteiger charge is -2.08. The van der Waals surface area contributed by atoms with Gasteiger partial charge < -0.3 is 4.42 Å². The van der Waals surface area contributed by atoms with Crippen molar-refractivity contribution in [2.75, 3.05) is 0 Å². The number of aromatic nitrogens is 2.